The van der Waals surface area contributed by atoms with Crippen LogP contribution in [0.15, 0.2) is 34.1 Å². The zero-order valence-electron chi connectivity index (χ0n) is 9.57. The number of halogens is 2. The Morgan fingerprint density at radius 2 is 2.22 bits per heavy atom. The molecule has 0 aliphatic heterocycles. The number of carbonyl (C=O) groups excluding carboxylic acids is 1. The third-order valence-electron chi connectivity index (χ3n) is 2.46. The van der Waals surface area contributed by atoms with Crippen molar-refractivity contribution in [1.29, 1.82) is 0 Å². The van der Waals surface area contributed by atoms with E-state index in [1.54, 1.807) is 17.5 Å². The second-order valence-corrected chi connectivity index (χ2v) is 5.42. The number of carbonyl (C=O) groups is 1. The molecule has 1 aromatic carbocycles. The van der Waals surface area contributed by atoms with Crippen molar-refractivity contribution in [3.63, 3.8) is 0 Å². The Hall–Kier alpha value is -1.20. The standard InChI is InChI=1S/C13H10BrFO2S/c1-17-12-4-5-18-13(12)11(16)7-8-6-9(15)2-3-10(8)14/h2-6H,7H2,1H3. The molecule has 0 N–H and O–H groups in total. The molecule has 0 saturated heterocycles. The van der Waals surface area contributed by atoms with Crippen LogP contribution in [-0.4, -0.2) is 12.9 Å². The molecule has 1 aromatic heterocycles. The first-order valence-corrected chi connectivity index (χ1v) is 6.87. The minimum absolute atomic E-state index is 0.0758. The van der Waals surface area contributed by atoms with Gasteiger partial charge in [-0.1, -0.05) is 15.9 Å². The average molecular weight is 329 g/mol. The van der Waals surface area contributed by atoms with E-state index in [9.17, 15) is 9.18 Å². The van der Waals surface area contributed by atoms with Gasteiger partial charge in [-0.05, 0) is 35.2 Å². The number of thiophene rings is 1. The van der Waals surface area contributed by atoms with Crippen molar-refractivity contribution in [2.45, 2.75) is 6.42 Å². The van der Waals surface area contributed by atoms with Gasteiger partial charge in [0.15, 0.2) is 5.78 Å². The largest absolute Gasteiger partial charge is 0.495 e. The van der Waals surface area contributed by atoms with E-state index in [1.165, 1.54) is 30.6 Å². The molecule has 2 rings (SSSR count). The molecule has 0 spiro atoms. The molecule has 0 aliphatic carbocycles. The maximum atomic E-state index is 13.1. The van der Waals surface area contributed by atoms with E-state index in [0.29, 0.717) is 16.2 Å². The van der Waals surface area contributed by atoms with Gasteiger partial charge < -0.3 is 4.74 Å². The van der Waals surface area contributed by atoms with Gasteiger partial charge in [-0.2, -0.15) is 0 Å². The Labute approximate surface area is 117 Å². The summed E-state index contributed by atoms with van der Waals surface area (Å²) in [6.45, 7) is 0. The fraction of sp³-hybridized carbons (Fsp3) is 0.154. The number of Topliss-reactive ketones (excluding diaryl/α,β-unsaturated/α-hetero) is 1. The van der Waals surface area contributed by atoms with Gasteiger partial charge in [0.2, 0.25) is 0 Å². The second-order valence-electron chi connectivity index (χ2n) is 3.65. The third-order valence-corrected chi connectivity index (χ3v) is 4.17. The highest BCUT2D eigenvalue weighted by Gasteiger charge is 2.16. The minimum Gasteiger partial charge on any atom is -0.495 e. The van der Waals surface area contributed by atoms with Crippen molar-refractivity contribution in [3.05, 3.63) is 50.4 Å². The number of rotatable bonds is 4. The maximum absolute atomic E-state index is 13.1. The summed E-state index contributed by atoms with van der Waals surface area (Å²) in [6, 6.07) is 6.06. The molecule has 0 bridgehead atoms. The van der Waals surface area contributed by atoms with E-state index >= 15 is 0 Å². The minimum atomic E-state index is -0.348. The van der Waals surface area contributed by atoms with Crippen LogP contribution in [0.2, 0.25) is 0 Å². The van der Waals surface area contributed by atoms with Crippen LogP contribution < -0.4 is 4.74 Å². The van der Waals surface area contributed by atoms with Gasteiger partial charge in [0.05, 0.1) is 7.11 Å². The molecule has 0 amide bonds. The van der Waals surface area contributed by atoms with Crippen molar-refractivity contribution in [2.24, 2.45) is 0 Å². The van der Waals surface area contributed by atoms with Crippen LogP contribution in [0.3, 0.4) is 0 Å². The van der Waals surface area contributed by atoms with Gasteiger partial charge in [-0.15, -0.1) is 11.3 Å². The molecular weight excluding hydrogens is 319 g/mol. The Morgan fingerprint density at radius 3 is 2.94 bits per heavy atom. The monoisotopic (exact) mass is 328 g/mol. The van der Waals surface area contributed by atoms with Gasteiger partial charge in [-0.25, -0.2) is 4.39 Å². The van der Waals surface area contributed by atoms with Gasteiger partial charge in [0, 0.05) is 10.9 Å². The third kappa shape index (κ3) is 2.79. The summed E-state index contributed by atoms with van der Waals surface area (Å²) in [6.07, 6.45) is 0.148. The van der Waals surface area contributed by atoms with Gasteiger partial charge in [-0.3, -0.25) is 4.79 Å². The first kappa shape index (κ1) is 13.2. The van der Waals surface area contributed by atoms with Crippen molar-refractivity contribution in [3.8, 4) is 5.75 Å². The predicted molar refractivity (Wildman–Crippen MR) is 73.0 cm³/mol. The first-order chi connectivity index (χ1) is 8.61. The highest BCUT2D eigenvalue weighted by atomic mass is 79.9. The number of methoxy groups -OCH3 is 1. The molecule has 0 atom stereocenters. The lowest BCUT2D eigenvalue weighted by atomic mass is 10.1. The highest BCUT2D eigenvalue weighted by Crippen LogP contribution is 2.27. The predicted octanol–water partition coefficient (Wildman–Crippen LogP) is 4.08. The quantitative estimate of drug-likeness (QED) is 0.790. The number of hydrogen-bond acceptors (Lipinski definition) is 3. The van der Waals surface area contributed by atoms with Crippen LogP contribution in [0.4, 0.5) is 4.39 Å². The van der Waals surface area contributed by atoms with Gasteiger partial charge in [0.1, 0.15) is 16.4 Å². The fourth-order valence-electron chi connectivity index (χ4n) is 1.59. The van der Waals surface area contributed by atoms with Crippen LogP contribution in [0.1, 0.15) is 15.2 Å². The summed E-state index contributed by atoms with van der Waals surface area (Å²) in [4.78, 5) is 12.7. The lowest BCUT2D eigenvalue weighted by Gasteiger charge is -2.04. The Morgan fingerprint density at radius 1 is 1.44 bits per heavy atom. The molecule has 2 nitrogen and oxygen atoms in total. The van der Waals surface area contributed by atoms with Crippen LogP contribution in [-0.2, 0) is 6.42 Å². The van der Waals surface area contributed by atoms with Crippen molar-refractivity contribution < 1.29 is 13.9 Å². The maximum Gasteiger partial charge on any atom is 0.180 e. The number of ether oxygens (including phenoxy) is 1. The topological polar surface area (TPSA) is 26.3 Å². The Kier molecular flexibility index (Phi) is 4.14. The SMILES string of the molecule is COc1ccsc1C(=O)Cc1cc(F)ccc1Br. The van der Waals surface area contributed by atoms with Crippen LogP contribution in [0.5, 0.6) is 5.75 Å². The molecule has 0 fully saturated rings. The van der Waals surface area contributed by atoms with Crippen LogP contribution in [0, 0.1) is 5.82 Å². The fourth-order valence-corrected chi connectivity index (χ4v) is 2.78. The van der Waals surface area contributed by atoms with E-state index in [1.807, 2.05) is 0 Å². The van der Waals surface area contributed by atoms with E-state index < -0.39 is 0 Å². The van der Waals surface area contributed by atoms with Crippen LogP contribution >= 0.6 is 27.3 Å². The Balaban J connectivity index is 2.24. The van der Waals surface area contributed by atoms with E-state index in [4.69, 9.17) is 4.74 Å². The summed E-state index contributed by atoms with van der Waals surface area (Å²) in [5.41, 5.74) is 0.635. The normalized spacial score (nSPS) is 10.4. The summed E-state index contributed by atoms with van der Waals surface area (Å²) in [7, 11) is 1.52. The van der Waals surface area contributed by atoms with Crippen molar-refractivity contribution in [1.82, 2.24) is 0 Å². The molecule has 18 heavy (non-hydrogen) atoms. The number of benzene rings is 1. The van der Waals surface area contributed by atoms with Crippen molar-refractivity contribution >= 4 is 33.0 Å². The number of ketones is 1. The Bertz CT molecular complexity index is 580. The smallest absolute Gasteiger partial charge is 0.180 e. The highest BCUT2D eigenvalue weighted by molar-refractivity contribution is 9.10. The average Bonchev–Trinajstić information content (AvgIpc) is 2.82. The molecule has 2 aromatic rings. The van der Waals surface area contributed by atoms with Gasteiger partial charge in [0.25, 0.3) is 0 Å². The lowest BCUT2D eigenvalue weighted by Crippen LogP contribution is -2.04. The molecule has 1 heterocycles. The van der Waals surface area contributed by atoms with E-state index in [-0.39, 0.29) is 18.0 Å². The van der Waals surface area contributed by atoms with Crippen molar-refractivity contribution in [2.75, 3.05) is 7.11 Å². The summed E-state index contributed by atoms with van der Waals surface area (Å²) in [5, 5.41) is 1.80. The summed E-state index contributed by atoms with van der Waals surface area (Å²) >= 11 is 4.64. The zero-order valence-corrected chi connectivity index (χ0v) is 12.0. The first-order valence-electron chi connectivity index (χ1n) is 5.20. The summed E-state index contributed by atoms with van der Waals surface area (Å²) < 4.78 is 19.0. The number of hydrogen-bond donors (Lipinski definition) is 0. The molecular formula is C13H10BrFO2S. The zero-order chi connectivity index (χ0) is 13.1. The van der Waals surface area contributed by atoms with E-state index in [0.717, 1.165) is 4.47 Å². The molecule has 0 saturated carbocycles. The van der Waals surface area contributed by atoms with Crippen LogP contribution in [0.25, 0.3) is 0 Å². The lowest BCUT2D eigenvalue weighted by molar-refractivity contribution is 0.0994. The second kappa shape index (κ2) is 5.63. The molecule has 0 radical (unpaired) electrons. The van der Waals surface area contributed by atoms with E-state index in [2.05, 4.69) is 15.9 Å². The molecule has 0 aliphatic rings. The summed E-state index contributed by atoms with van der Waals surface area (Å²) in [5.74, 6) is 0.143. The van der Waals surface area contributed by atoms with Gasteiger partial charge >= 0.3 is 0 Å². The molecule has 94 valence electrons. The molecule has 0 unspecified atom stereocenters. The molecule has 5 heteroatoms.